The monoisotopic (exact) mass is 513 g/mol. The molecule has 3 aromatic rings. The molecule has 3 aromatic carbocycles. The normalized spacial score (nSPS) is 11.7. The van der Waals surface area contributed by atoms with Crippen molar-refractivity contribution < 1.29 is 9.53 Å². The fourth-order valence-corrected chi connectivity index (χ4v) is 3.53. The summed E-state index contributed by atoms with van der Waals surface area (Å²) in [5.41, 5.74) is 3.96. The van der Waals surface area contributed by atoms with E-state index in [1.165, 1.54) is 3.57 Å². The molecule has 0 unspecified atom stereocenters. The van der Waals surface area contributed by atoms with Gasteiger partial charge in [-0.1, -0.05) is 55.3 Å². The van der Waals surface area contributed by atoms with Gasteiger partial charge in [-0.15, -0.1) is 0 Å². The van der Waals surface area contributed by atoms with Crippen molar-refractivity contribution >= 4 is 34.1 Å². The fraction of sp³-hybridized carbons (Fsp3) is 0.269. The average molecular weight is 513 g/mol. The fourth-order valence-electron chi connectivity index (χ4n) is 3.17. The molecule has 0 radical (unpaired) electrons. The van der Waals surface area contributed by atoms with Crippen molar-refractivity contribution in [3.8, 4) is 5.75 Å². The molecule has 0 aliphatic carbocycles. The number of hydrogen-bond donors (Lipinski definition) is 1. The summed E-state index contributed by atoms with van der Waals surface area (Å²) in [6.07, 6.45) is 2.54. The number of ether oxygens (including phenoxy) is 1. The first kappa shape index (κ1) is 22.3. The van der Waals surface area contributed by atoms with Crippen LogP contribution in [0.4, 0.5) is 5.69 Å². The minimum Gasteiger partial charge on any atom is -0.494 e. The van der Waals surface area contributed by atoms with E-state index in [4.69, 9.17) is 4.74 Å². The minimum atomic E-state index is -0.122. The zero-order valence-corrected chi connectivity index (χ0v) is 19.7. The first-order valence-electron chi connectivity index (χ1n) is 10.4. The lowest BCUT2D eigenvalue weighted by molar-refractivity contribution is 0.0976. The third-order valence-corrected chi connectivity index (χ3v) is 5.72. The minimum absolute atomic E-state index is 0.122. The number of carbonyl (C=O) groups excluding carboxylic acids is 1. The third-order valence-electron chi connectivity index (χ3n) is 5.00. The molecule has 30 heavy (non-hydrogen) atoms. The molecule has 0 aliphatic rings. The standard InChI is InChI=1S/C26H28INO2/c1-3-4-17-30-24-15-9-20(10-16-24)25(28-23-13-11-22(27)12-14-23)18-26(29)21-7-5-19(2)6-8-21/h5-16,25,28H,3-4,17-18H2,1-2H3/t25-/m1/s1. The maximum atomic E-state index is 13.0. The summed E-state index contributed by atoms with van der Waals surface area (Å²) in [6.45, 7) is 4.91. The van der Waals surface area contributed by atoms with Gasteiger partial charge in [0.15, 0.2) is 5.78 Å². The van der Waals surface area contributed by atoms with E-state index in [-0.39, 0.29) is 11.8 Å². The molecule has 4 heteroatoms. The molecule has 0 heterocycles. The summed E-state index contributed by atoms with van der Waals surface area (Å²) < 4.78 is 6.97. The van der Waals surface area contributed by atoms with E-state index >= 15 is 0 Å². The number of hydrogen-bond acceptors (Lipinski definition) is 3. The molecule has 0 saturated carbocycles. The van der Waals surface area contributed by atoms with Gasteiger partial charge in [-0.3, -0.25) is 4.79 Å². The quantitative estimate of drug-likeness (QED) is 0.177. The number of rotatable bonds is 10. The molecule has 0 fully saturated rings. The van der Waals surface area contributed by atoms with Gasteiger partial charge in [0.05, 0.1) is 12.6 Å². The molecule has 0 aliphatic heterocycles. The summed E-state index contributed by atoms with van der Waals surface area (Å²) in [7, 11) is 0. The second-order valence-electron chi connectivity index (χ2n) is 7.47. The summed E-state index contributed by atoms with van der Waals surface area (Å²) in [6, 6.07) is 24.0. The van der Waals surface area contributed by atoms with Gasteiger partial charge in [0.25, 0.3) is 0 Å². The van der Waals surface area contributed by atoms with Crippen molar-refractivity contribution in [1.82, 2.24) is 0 Å². The number of aryl methyl sites for hydroxylation is 1. The van der Waals surface area contributed by atoms with Gasteiger partial charge in [-0.25, -0.2) is 0 Å². The first-order valence-corrected chi connectivity index (χ1v) is 11.5. The van der Waals surface area contributed by atoms with E-state index in [1.54, 1.807) is 0 Å². The van der Waals surface area contributed by atoms with Gasteiger partial charge in [-0.2, -0.15) is 0 Å². The van der Waals surface area contributed by atoms with Gasteiger partial charge in [0.2, 0.25) is 0 Å². The molecule has 156 valence electrons. The lowest BCUT2D eigenvalue weighted by Crippen LogP contribution is -2.16. The van der Waals surface area contributed by atoms with Crippen LogP contribution in [0.15, 0.2) is 72.8 Å². The largest absolute Gasteiger partial charge is 0.494 e. The molecule has 0 amide bonds. The van der Waals surface area contributed by atoms with Crippen molar-refractivity contribution in [2.75, 3.05) is 11.9 Å². The van der Waals surface area contributed by atoms with E-state index in [0.717, 1.165) is 47.6 Å². The zero-order chi connectivity index (χ0) is 21.3. The molecule has 3 nitrogen and oxygen atoms in total. The van der Waals surface area contributed by atoms with Gasteiger partial charge >= 0.3 is 0 Å². The Labute approximate surface area is 193 Å². The molecule has 1 N–H and O–H groups in total. The highest BCUT2D eigenvalue weighted by Crippen LogP contribution is 2.27. The topological polar surface area (TPSA) is 38.3 Å². The molecular weight excluding hydrogens is 485 g/mol. The third kappa shape index (κ3) is 6.59. The summed E-state index contributed by atoms with van der Waals surface area (Å²) in [4.78, 5) is 13.0. The van der Waals surface area contributed by atoms with Gasteiger partial charge < -0.3 is 10.1 Å². The van der Waals surface area contributed by atoms with Crippen LogP contribution in [0, 0.1) is 10.5 Å². The number of carbonyl (C=O) groups is 1. The first-order chi connectivity index (χ1) is 14.5. The summed E-state index contributed by atoms with van der Waals surface area (Å²) in [5, 5.41) is 3.54. The van der Waals surface area contributed by atoms with Crippen molar-refractivity contribution in [2.45, 2.75) is 39.2 Å². The maximum absolute atomic E-state index is 13.0. The highest BCUT2D eigenvalue weighted by atomic mass is 127. The highest BCUT2D eigenvalue weighted by Gasteiger charge is 2.18. The Morgan fingerprint density at radius 1 is 0.967 bits per heavy atom. The second-order valence-corrected chi connectivity index (χ2v) is 8.71. The number of unbranched alkanes of at least 4 members (excludes halogenated alkanes) is 1. The maximum Gasteiger partial charge on any atom is 0.165 e. The highest BCUT2D eigenvalue weighted by molar-refractivity contribution is 14.1. The Bertz CT molecular complexity index is 934. The Hall–Kier alpha value is -2.34. The molecule has 0 aromatic heterocycles. The molecule has 0 saturated heterocycles. The van der Waals surface area contributed by atoms with Crippen LogP contribution in [-0.4, -0.2) is 12.4 Å². The molecule has 3 rings (SSSR count). The number of halogens is 1. The number of nitrogens with one attached hydrogen (secondary N) is 1. The number of anilines is 1. The van der Waals surface area contributed by atoms with Crippen LogP contribution in [0.25, 0.3) is 0 Å². The van der Waals surface area contributed by atoms with Crippen molar-refractivity contribution in [2.24, 2.45) is 0 Å². The summed E-state index contributed by atoms with van der Waals surface area (Å²) >= 11 is 2.29. The average Bonchev–Trinajstić information content (AvgIpc) is 2.76. The Morgan fingerprint density at radius 2 is 1.63 bits per heavy atom. The van der Waals surface area contributed by atoms with Gasteiger partial charge in [0, 0.05) is 21.2 Å². The van der Waals surface area contributed by atoms with E-state index in [9.17, 15) is 4.79 Å². The van der Waals surface area contributed by atoms with Crippen molar-refractivity contribution in [1.29, 1.82) is 0 Å². The van der Waals surface area contributed by atoms with Crippen LogP contribution in [0.1, 0.15) is 53.7 Å². The van der Waals surface area contributed by atoms with Crippen LogP contribution in [-0.2, 0) is 0 Å². The predicted molar refractivity (Wildman–Crippen MR) is 132 cm³/mol. The number of benzene rings is 3. The Kier molecular flexibility index (Phi) is 8.31. The lowest BCUT2D eigenvalue weighted by Gasteiger charge is -2.21. The summed E-state index contributed by atoms with van der Waals surface area (Å²) in [5.74, 6) is 0.992. The number of Topliss-reactive ketones (excluding diaryl/α,β-unsaturated/α-hetero) is 1. The van der Waals surface area contributed by atoms with Crippen LogP contribution < -0.4 is 10.1 Å². The predicted octanol–water partition coefficient (Wildman–Crippen LogP) is 7.20. The smallest absolute Gasteiger partial charge is 0.165 e. The molecular formula is C26H28INO2. The van der Waals surface area contributed by atoms with Crippen LogP contribution >= 0.6 is 22.6 Å². The number of ketones is 1. The van der Waals surface area contributed by atoms with Gasteiger partial charge in [-0.05, 0) is 77.9 Å². The Morgan fingerprint density at radius 3 is 2.27 bits per heavy atom. The van der Waals surface area contributed by atoms with E-state index in [2.05, 4.69) is 47.0 Å². The second kappa shape index (κ2) is 11.2. The zero-order valence-electron chi connectivity index (χ0n) is 17.5. The van der Waals surface area contributed by atoms with Crippen LogP contribution in [0.3, 0.4) is 0 Å². The Balaban J connectivity index is 1.78. The molecule has 1 atom stereocenters. The van der Waals surface area contributed by atoms with E-state index in [1.807, 2.05) is 67.6 Å². The SMILES string of the molecule is CCCCOc1ccc([C@@H](CC(=O)c2ccc(C)cc2)Nc2ccc(I)cc2)cc1. The van der Waals surface area contributed by atoms with Gasteiger partial charge in [0.1, 0.15) is 5.75 Å². The molecule has 0 spiro atoms. The van der Waals surface area contributed by atoms with Crippen LogP contribution in [0.5, 0.6) is 5.75 Å². The molecule has 0 bridgehead atoms. The van der Waals surface area contributed by atoms with Crippen molar-refractivity contribution in [3.63, 3.8) is 0 Å². The van der Waals surface area contributed by atoms with Crippen LogP contribution in [0.2, 0.25) is 0 Å². The van der Waals surface area contributed by atoms with E-state index < -0.39 is 0 Å². The lowest BCUT2D eigenvalue weighted by atomic mass is 9.97. The van der Waals surface area contributed by atoms with E-state index in [0.29, 0.717) is 6.42 Å². The van der Waals surface area contributed by atoms with Crippen molar-refractivity contribution in [3.05, 3.63) is 93.1 Å².